The lowest BCUT2D eigenvalue weighted by Crippen LogP contribution is -2.42. The number of benzene rings is 3. The van der Waals surface area contributed by atoms with E-state index in [1.165, 1.54) is 0 Å². The Bertz CT molecular complexity index is 1120. The summed E-state index contributed by atoms with van der Waals surface area (Å²) in [6.07, 6.45) is 1.92. The Morgan fingerprint density at radius 2 is 1.70 bits per heavy atom. The van der Waals surface area contributed by atoms with Crippen molar-refractivity contribution >= 4 is 18.0 Å². The van der Waals surface area contributed by atoms with Crippen molar-refractivity contribution in [3.8, 4) is 0 Å². The first-order valence-corrected chi connectivity index (χ1v) is 9.95. The number of hydrazine groups is 1. The minimum absolute atomic E-state index is 0.241. The molecule has 2 atom stereocenters. The summed E-state index contributed by atoms with van der Waals surface area (Å²) in [4.78, 5) is 25.8. The topological polar surface area (TPSA) is 61.2 Å². The van der Waals surface area contributed by atoms with Gasteiger partial charge in [-0.1, -0.05) is 66.2 Å². The lowest BCUT2D eigenvalue weighted by molar-refractivity contribution is -0.596. The molecule has 0 aliphatic carbocycles. The predicted octanol–water partition coefficient (Wildman–Crippen LogP) is 3.32. The summed E-state index contributed by atoms with van der Waals surface area (Å²) < 4.78 is 1.79. The van der Waals surface area contributed by atoms with Crippen LogP contribution in [-0.2, 0) is 4.79 Å². The molecule has 0 aromatic heterocycles. The number of rotatable bonds is 4. The van der Waals surface area contributed by atoms with Gasteiger partial charge in [0.05, 0.1) is 0 Å². The second kappa shape index (κ2) is 8.33. The standard InChI is InChI=1S/C25H23N3O2/c1-17-9-8-14-20(15-17)24(29)26-22-23(19-11-4-3-5-12-19)28(27-25(22)30)16-21-13-7-6-10-18(21)2/h3-16,22-23H,1-2H3,(H-,26,27,29,30)/p+1/b28-16-/t22-,23-/m1/s1. The number of nitrogens with one attached hydrogen (secondary N) is 2. The van der Waals surface area contributed by atoms with Crippen molar-refractivity contribution in [2.75, 3.05) is 0 Å². The van der Waals surface area contributed by atoms with E-state index in [9.17, 15) is 9.59 Å². The van der Waals surface area contributed by atoms with Crippen molar-refractivity contribution in [1.82, 2.24) is 10.7 Å². The molecular weight excluding hydrogens is 374 g/mol. The van der Waals surface area contributed by atoms with Crippen LogP contribution in [0.5, 0.6) is 0 Å². The van der Waals surface area contributed by atoms with Crippen LogP contribution < -0.4 is 10.7 Å². The van der Waals surface area contributed by atoms with Gasteiger partial charge in [-0.25, -0.2) is 0 Å². The summed E-state index contributed by atoms with van der Waals surface area (Å²) in [5.74, 6) is -0.507. The van der Waals surface area contributed by atoms with Crippen LogP contribution in [0.3, 0.4) is 0 Å². The minimum atomic E-state index is -0.722. The van der Waals surface area contributed by atoms with Crippen LogP contribution in [0.1, 0.15) is 38.7 Å². The number of hydrogen-bond acceptors (Lipinski definition) is 2. The Morgan fingerprint density at radius 1 is 0.967 bits per heavy atom. The van der Waals surface area contributed by atoms with Crippen LogP contribution >= 0.6 is 0 Å². The van der Waals surface area contributed by atoms with E-state index in [4.69, 9.17) is 0 Å². The normalized spacial score (nSPS) is 19.5. The maximum Gasteiger partial charge on any atom is 0.304 e. The first-order chi connectivity index (χ1) is 14.5. The fourth-order valence-electron chi connectivity index (χ4n) is 3.72. The predicted molar refractivity (Wildman–Crippen MR) is 116 cm³/mol. The molecule has 3 aromatic rings. The van der Waals surface area contributed by atoms with E-state index in [0.29, 0.717) is 5.56 Å². The lowest BCUT2D eigenvalue weighted by Gasteiger charge is -2.15. The van der Waals surface area contributed by atoms with Crippen LogP contribution in [0.2, 0.25) is 0 Å². The van der Waals surface area contributed by atoms with E-state index in [1.807, 2.05) is 92.9 Å². The Balaban J connectivity index is 1.71. The molecule has 4 rings (SSSR count). The number of hydrogen-bond donors (Lipinski definition) is 2. The van der Waals surface area contributed by atoms with E-state index in [0.717, 1.165) is 22.3 Å². The fourth-order valence-corrected chi connectivity index (χ4v) is 3.72. The summed E-state index contributed by atoms with van der Waals surface area (Å²) in [7, 11) is 0. The Hall–Kier alpha value is -3.73. The van der Waals surface area contributed by atoms with Gasteiger partial charge in [0, 0.05) is 16.7 Å². The van der Waals surface area contributed by atoms with Gasteiger partial charge in [0.1, 0.15) is 0 Å². The number of carbonyl (C=O) groups excluding carboxylic acids is 2. The van der Waals surface area contributed by atoms with Crippen molar-refractivity contribution in [1.29, 1.82) is 0 Å². The van der Waals surface area contributed by atoms with Crippen LogP contribution in [0.25, 0.3) is 0 Å². The molecule has 5 heteroatoms. The van der Waals surface area contributed by atoms with Crippen molar-refractivity contribution in [2.24, 2.45) is 0 Å². The number of carbonyl (C=O) groups is 2. The average Bonchev–Trinajstić information content (AvgIpc) is 3.05. The van der Waals surface area contributed by atoms with Gasteiger partial charge < -0.3 is 5.32 Å². The van der Waals surface area contributed by atoms with Gasteiger partial charge in [-0.3, -0.25) is 9.59 Å². The average molecular weight is 398 g/mol. The molecule has 3 aromatic carbocycles. The SMILES string of the molecule is Cc1cccc(C(=O)N[C@H]2C(=O)N/[N+](=C\c3ccccc3C)[C@@H]2c2ccccc2)c1. The highest BCUT2D eigenvalue weighted by Gasteiger charge is 2.47. The monoisotopic (exact) mass is 398 g/mol. The van der Waals surface area contributed by atoms with Crippen LogP contribution in [0.15, 0.2) is 78.9 Å². The van der Waals surface area contributed by atoms with E-state index in [1.54, 1.807) is 10.8 Å². The third kappa shape index (κ3) is 4.01. The molecule has 2 N–H and O–H groups in total. The summed E-state index contributed by atoms with van der Waals surface area (Å²) in [5, 5.41) is 2.94. The largest absolute Gasteiger partial charge is 0.334 e. The second-order valence-electron chi connectivity index (χ2n) is 7.55. The maximum atomic E-state index is 12.9. The first-order valence-electron chi connectivity index (χ1n) is 9.95. The van der Waals surface area contributed by atoms with Gasteiger partial charge in [-0.05, 0) is 37.6 Å². The van der Waals surface area contributed by atoms with E-state index in [-0.39, 0.29) is 17.9 Å². The molecule has 30 heavy (non-hydrogen) atoms. The van der Waals surface area contributed by atoms with Crippen LogP contribution in [0, 0.1) is 13.8 Å². The van der Waals surface area contributed by atoms with Gasteiger partial charge in [-0.15, -0.1) is 10.1 Å². The Labute approximate surface area is 176 Å². The molecule has 0 bridgehead atoms. The molecule has 1 heterocycles. The highest BCUT2D eigenvalue weighted by atomic mass is 16.2. The number of nitrogens with zero attached hydrogens (tertiary/aromatic N) is 1. The molecule has 0 saturated carbocycles. The van der Waals surface area contributed by atoms with Gasteiger partial charge >= 0.3 is 5.91 Å². The van der Waals surface area contributed by atoms with Gasteiger partial charge in [-0.2, -0.15) is 0 Å². The number of aryl methyl sites for hydroxylation is 2. The van der Waals surface area contributed by atoms with Crippen molar-refractivity contribution in [3.05, 3.63) is 107 Å². The first kappa shape index (κ1) is 19.6. The van der Waals surface area contributed by atoms with Gasteiger partial charge in [0.2, 0.25) is 12.3 Å². The molecule has 5 nitrogen and oxygen atoms in total. The maximum absolute atomic E-state index is 12.9. The molecule has 0 unspecified atom stereocenters. The van der Waals surface area contributed by atoms with Crippen LogP contribution in [-0.4, -0.2) is 28.8 Å². The molecule has 150 valence electrons. The summed E-state index contributed by atoms with van der Waals surface area (Å²) >= 11 is 0. The molecule has 1 aliphatic heterocycles. The molecule has 1 fully saturated rings. The zero-order chi connectivity index (χ0) is 21.1. The summed E-state index contributed by atoms with van der Waals surface area (Å²) in [6.45, 7) is 3.96. The molecule has 0 radical (unpaired) electrons. The smallest absolute Gasteiger partial charge is 0.304 e. The Morgan fingerprint density at radius 3 is 2.43 bits per heavy atom. The minimum Gasteiger partial charge on any atom is -0.334 e. The quantitative estimate of drug-likeness (QED) is 0.663. The fraction of sp³-hybridized carbons (Fsp3) is 0.160. The summed E-state index contributed by atoms with van der Waals surface area (Å²) in [6, 6.07) is 24.0. The summed E-state index contributed by atoms with van der Waals surface area (Å²) in [5.41, 5.74) is 7.50. The Kier molecular flexibility index (Phi) is 5.44. The molecular formula is C25H24N3O2+. The molecule has 1 saturated heterocycles. The third-order valence-corrected chi connectivity index (χ3v) is 5.31. The van der Waals surface area contributed by atoms with Crippen molar-refractivity contribution in [3.63, 3.8) is 0 Å². The molecule has 2 amide bonds. The van der Waals surface area contributed by atoms with Gasteiger partial charge in [0.15, 0.2) is 6.04 Å². The lowest BCUT2D eigenvalue weighted by atomic mass is 9.99. The second-order valence-corrected chi connectivity index (χ2v) is 7.55. The zero-order valence-corrected chi connectivity index (χ0v) is 17.0. The van der Waals surface area contributed by atoms with E-state index in [2.05, 4.69) is 10.7 Å². The van der Waals surface area contributed by atoms with E-state index >= 15 is 0 Å². The van der Waals surface area contributed by atoms with Crippen molar-refractivity contribution in [2.45, 2.75) is 25.9 Å². The van der Waals surface area contributed by atoms with E-state index < -0.39 is 6.04 Å². The highest BCUT2D eigenvalue weighted by Crippen LogP contribution is 2.25. The number of amides is 2. The zero-order valence-electron chi connectivity index (χ0n) is 17.0. The van der Waals surface area contributed by atoms with Crippen molar-refractivity contribution < 1.29 is 14.3 Å². The van der Waals surface area contributed by atoms with Gasteiger partial charge in [0.25, 0.3) is 5.91 Å². The van der Waals surface area contributed by atoms with Crippen LogP contribution in [0.4, 0.5) is 0 Å². The highest BCUT2D eigenvalue weighted by molar-refractivity contribution is 5.98. The number of hydrazone groups is 1. The molecule has 0 spiro atoms. The molecule has 1 aliphatic rings. The third-order valence-electron chi connectivity index (χ3n) is 5.31.